The van der Waals surface area contributed by atoms with Crippen molar-refractivity contribution in [3.05, 3.63) is 64.7 Å². The van der Waals surface area contributed by atoms with E-state index in [0.29, 0.717) is 17.7 Å². The maximum Gasteiger partial charge on any atom is 0.318 e. The third-order valence-corrected chi connectivity index (χ3v) is 7.81. The third-order valence-electron chi connectivity index (χ3n) is 5.75. The molecule has 0 aromatic heterocycles. The van der Waals surface area contributed by atoms with Crippen LogP contribution in [0.4, 0.5) is 4.79 Å². The normalized spacial score (nSPS) is 14.8. The largest absolute Gasteiger partial charge is 0.389 e. The van der Waals surface area contributed by atoms with E-state index < -0.39 is 20.2 Å². The predicted molar refractivity (Wildman–Crippen MR) is 129 cm³/mol. The Labute approximate surface area is 196 Å². The summed E-state index contributed by atoms with van der Waals surface area (Å²) in [5, 5.41) is 23.0. The fourth-order valence-electron chi connectivity index (χ4n) is 3.91. The summed E-state index contributed by atoms with van der Waals surface area (Å²) in [6.45, 7) is 7.50. The minimum Gasteiger partial charge on any atom is -0.389 e. The molecule has 8 heteroatoms. The van der Waals surface area contributed by atoms with E-state index in [1.54, 1.807) is 13.2 Å². The van der Waals surface area contributed by atoms with E-state index in [9.17, 15) is 20.0 Å². The van der Waals surface area contributed by atoms with Crippen molar-refractivity contribution < 1.29 is 19.4 Å². The first-order chi connectivity index (χ1) is 15.6. The summed E-state index contributed by atoms with van der Waals surface area (Å²) in [6.07, 6.45) is -0.429. The molecule has 2 aromatic carbocycles. The van der Waals surface area contributed by atoms with Crippen LogP contribution in [0.15, 0.2) is 42.5 Å². The first-order valence-corrected chi connectivity index (χ1v) is 14.5. The number of methoxy groups -OCH3 is 1. The Balaban J connectivity index is 1.84. The van der Waals surface area contributed by atoms with Gasteiger partial charge in [-0.15, -0.1) is 0 Å². The van der Waals surface area contributed by atoms with E-state index >= 15 is 0 Å². The van der Waals surface area contributed by atoms with E-state index in [2.05, 4.69) is 31.0 Å². The van der Waals surface area contributed by atoms with Gasteiger partial charge in [0.2, 0.25) is 0 Å². The Morgan fingerprint density at radius 1 is 1.18 bits per heavy atom. The smallest absolute Gasteiger partial charge is 0.318 e. The lowest BCUT2D eigenvalue weighted by molar-refractivity contribution is -0.120. The molecular formula is C25H31N3O4Si. The van der Waals surface area contributed by atoms with Crippen LogP contribution in [0.5, 0.6) is 0 Å². The van der Waals surface area contributed by atoms with Gasteiger partial charge in [0.1, 0.15) is 6.04 Å². The summed E-state index contributed by atoms with van der Waals surface area (Å²) < 4.78 is 5.15. The number of ether oxygens (including phenoxy) is 1. The van der Waals surface area contributed by atoms with E-state index in [-0.39, 0.29) is 31.3 Å². The molecule has 1 heterocycles. The highest BCUT2D eigenvalue weighted by atomic mass is 28.3. The van der Waals surface area contributed by atoms with Crippen LogP contribution < -0.4 is 10.5 Å². The Hall–Kier alpha value is -2.99. The molecule has 0 aliphatic carbocycles. The van der Waals surface area contributed by atoms with Crippen molar-refractivity contribution in [2.75, 3.05) is 20.2 Å². The number of benzene rings is 2. The van der Waals surface area contributed by atoms with E-state index in [1.165, 1.54) is 4.90 Å². The summed E-state index contributed by atoms with van der Waals surface area (Å²) >= 11 is 0. The topological polar surface area (TPSA) is 103 Å². The second-order valence-corrected chi connectivity index (χ2v) is 14.5. The van der Waals surface area contributed by atoms with E-state index in [4.69, 9.17) is 4.74 Å². The minimum absolute atomic E-state index is 0.0913. The number of carbonyl (C=O) groups is 2. The van der Waals surface area contributed by atoms with Crippen molar-refractivity contribution >= 4 is 25.1 Å². The molecule has 3 rings (SSSR count). The minimum atomic E-state index is -1.69. The molecule has 0 bridgehead atoms. The second-order valence-electron chi connectivity index (χ2n) is 9.50. The highest BCUT2D eigenvalue weighted by Crippen LogP contribution is 2.20. The van der Waals surface area contributed by atoms with Gasteiger partial charge in [-0.05, 0) is 27.9 Å². The average molecular weight is 466 g/mol. The van der Waals surface area contributed by atoms with Gasteiger partial charge in [0.05, 0.1) is 45.5 Å². The highest BCUT2D eigenvalue weighted by molar-refractivity contribution is 6.89. The second kappa shape index (κ2) is 10.3. The van der Waals surface area contributed by atoms with Gasteiger partial charge in [0, 0.05) is 13.5 Å². The molecular weight excluding hydrogens is 434 g/mol. The van der Waals surface area contributed by atoms with Crippen LogP contribution in [0.25, 0.3) is 0 Å². The fraction of sp³-hybridized carbons (Fsp3) is 0.400. The lowest BCUT2D eigenvalue weighted by atomic mass is 9.96. The van der Waals surface area contributed by atoms with Crippen LogP contribution in [-0.2, 0) is 22.6 Å². The summed E-state index contributed by atoms with van der Waals surface area (Å²) in [7, 11) is -0.0711. The number of carbonyl (C=O) groups excluding carboxylic acids is 2. The number of hydrogen-bond acceptors (Lipinski definition) is 5. The Morgan fingerprint density at radius 3 is 2.36 bits per heavy atom. The number of amides is 2. The lowest BCUT2D eigenvalue weighted by Gasteiger charge is -2.36. The number of rotatable bonds is 8. The summed E-state index contributed by atoms with van der Waals surface area (Å²) in [4.78, 5) is 27.5. The molecule has 0 spiro atoms. The molecule has 1 aliphatic heterocycles. The fourth-order valence-corrected chi connectivity index (χ4v) is 5.43. The Bertz CT molecular complexity index is 1050. The molecule has 1 unspecified atom stereocenters. The summed E-state index contributed by atoms with van der Waals surface area (Å²) in [6, 6.07) is 14.1. The number of Topliss-reactive ketones (excluding diaryl/α,β-unsaturated/α-hetero) is 1. The van der Waals surface area contributed by atoms with Crippen molar-refractivity contribution in [1.82, 2.24) is 10.2 Å². The van der Waals surface area contributed by atoms with Crippen LogP contribution in [-0.4, -0.2) is 56.2 Å². The van der Waals surface area contributed by atoms with E-state index in [1.807, 2.05) is 36.4 Å². The Morgan fingerprint density at radius 2 is 1.82 bits per heavy atom. The van der Waals surface area contributed by atoms with Gasteiger partial charge >= 0.3 is 6.03 Å². The SMILES string of the molecule is COCc1ccc(C(NC(=O)N2CC(O)C2)C(=O)Cc2ccc([Si](C)(C)C)c(C#N)c2)cc1. The van der Waals surface area contributed by atoms with Gasteiger partial charge in [-0.25, -0.2) is 4.79 Å². The van der Waals surface area contributed by atoms with Gasteiger partial charge in [0.15, 0.2) is 5.78 Å². The number of ketones is 1. The van der Waals surface area contributed by atoms with Crippen LogP contribution in [0, 0.1) is 11.3 Å². The molecule has 7 nitrogen and oxygen atoms in total. The van der Waals surface area contributed by atoms with Crippen molar-refractivity contribution in [3.63, 3.8) is 0 Å². The predicted octanol–water partition coefficient (Wildman–Crippen LogP) is 2.49. The molecule has 2 aromatic rings. The quantitative estimate of drug-likeness (QED) is 0.583. The standard InChI is InChI=1S/C25H31N3O4Si/c1-32-16-17-5-8-19(9-6-17)24(27-25(31)28-14-21(29)15-28)22(30)12-18-7-10-23(33(2,3)4)20(11-18)13-26/h5-11,21,24,29H,12,14-16H2,1-4H3,(H,27,31). The summed E-state index contributed by atoms with van der Waals surface area (Å²) in [5.41, 5.74) is 2.99. The molecule has 0 saturated carbocycles. The molecule has 1 atom stereocenters. The van der Waals surface area contributed by atoms with E-state index in [0.717, 1.165) is 16.3 Å². The zero-order valence-corrected chi connectivity index (χ0v) is 20.6. The molecule has 33 heavy (non-hydrogen) atoms. The number of nitrogens with one attached hydrogen (secondary N) is 1. The maximum atomic E-state index is 13.4. The number of nitriles is 1. The number of hydrogen-bond donors (Lipinski definition) is 2. The van der Waals surface area contributed by atoms with Gasteiger partial charge in [-0.2, -0.15) is 5.26 Å². The molecule has 1 aliphatic rings. The number of aliphatic hydroxyl groups is 1. The monoisotopic (exact) mass is 465 g/mol. The Kier molecular flexibility index (Phi) is 7.69. The van der Waals surface area contributed by atoms with Crippen molar-refractivity contribution in [2.24, 2.45) is 0 Å². The highest BCUT2D eigenvalue weighted by Gasteiger charge is 2.32. The van der Waals surface area contributed by atoms with Gasteiger partial charge in [-0.3, -0.25) is 4.79 Å². The number of urea groups is 1. The van der Waals surface area contributed by atoms with Crippen LogP contribution in [0.1, 0.15) is 28.3 Å². The van der Waals surface area contributed by atoms with Crippen LogP contribution in [0.2, 0.25) is 19.6 Å². The van der Waals surface area contributed by atoms with Crippen molar-refractivity contribution in [1.29, 1.82) is 5.26 Å². The zero-order chi connectivity index (χ0) is 24.2. The molecule has 174 valence electrons. The number of likely N-dealkylation sites (tertiary alicyclic amines) is 1. The van der Waals surface area contributed by atoms with Gasteiger partial charge in [0.25, 0.3) is 0 Å². The first-order valence-electron chi connectivity index (χ1n) is 11.0. The maximum absolute atomic E-state index is 13.4. The van der Waals surface area contributed by atoms with Gasteiger partial charge < -0.3 is 20.1 Å². The average Bonchev–Trinajstić information content (AvgIpc) is 2.75. The van der Waals surface area contributed by atoms with Crippen molar-refractivity contribution in [2.45, 2.75) is 44.8 Å². The number of β-amino-alcohol motifs (C(OH)–C–C–N with tert-alkyl or cyclic N) is 1. The van der Waals surface area contributed by atoms with Crippen LogP contribution in [0.3, 0.4) is 0 Å². The summed E-state index contributed by atoms with van der Waals surface area (Å²) in [5.74, 6) is -0.173. The number of nitrogens with zero attached hydrogens (tertiary/aromatic N) is 2. The zero-order valence-electron chi connectivity index (χ0n) is 19.6. The lowest BCUT2D eigenvalue weighted by Crippen LogP contribution is -2.57. The molecule has 0 radical (unpaired) electrons. The van der Waals surface area contributed by atoms with Gasteiger partial charge in [-0.1, -0.05) is 56.0 Å². The van der Waals surface area contributed by atoms with Crippen molar-refractivity contribution in [3.8, 4) is 6.07 Å². The molecule has 2 amide bonds. The third kappa shape index (κ3) is 6.08. The van der Waals surface area contributed by atoms with Crippen LogP contribution >= 0.6 is 0 Å². The first kappa shape index (κ1) is 24.6. The molecule has 1 fully saturated rings. The molecule has 1 saturated heterocycles. The molecule has 2 N–H and O–H groups in total. The number of aliphatic hydroxyl groups excluding tert-OH is 1.